The quantitative estimate of drug-likeness (QED) is 0.786. The van der Waals surface area contributed by atoms with E-state index in [1.807, 2.05) is 13.8 Å². The minimum absolute atomic E-state index is 0.120. The van der Waals surface area contributed by atoms with Crippen LogP contribution in [0.5, 0.6) is 5.75 Å². The molecule has 1 atom stereocenters. The highest BCUT2D eigenvalue weighted by Gasteiger charge is 2.19. The van der Waals surface area contributed by atoms with Crippen molar-refractivity contribution in [3.8, 4) is 5.75 Å². The third-order valence-corrected chi connectivity index (χ3v) is 2.61. The van der Waals surface area contributed by atoms with Gasteiger partial charge >= 0.3 is 5.97 Å². The average molecular weight is 239 g/mol. The molecule has 0 bridgehead atoms. The summed E-state index contributed by atoms with van der Waals surface area (Å²) in [6, 6.07) is 0. The summed E-state index contributed by atoms with van der Waals surface area (Å²) in [5, 5.41) is 9.57. The molecule has 1 aromatic rings. The van der Waals surface area contributed by atoms with Crippen LogP contribution in [0.25, 0.3) is 0 Å². The van der Waals surface area contributed by atoms with Gasteiger partial charge in [-0.25, -0.2) is 4.79 Å². The van der Waals surface area contributed by atoms with Crippen molar-refractivity contribution in [3.63, 3.8) is 0 Å². The number of aliphatic hydroxyl groups excluding tert-OH is 1. The highest BCUT2D eigenvalue weighted by atomic mass is 16.5. The summed E-state index contributed by atoms with van der Waals surface area (Å²) in [7, 11) is 2.82. The van der Waals surface area contributed by atoms with E-state index in [-0.39, 0.29) is 6.42 Å². The van der Waals surface area contributed by atoms with Crippen LogP contribution in [-0.4, -0.2) is 36.4 Å². The molecule has 0 amide bonds. The SMILES string of the molecule is COC(=O)C(O)Cc1ncc(C)c(OC)c1C. The van der Waals surface area contributed by atoms with Gasteiger partial charge in [-0.05, 0) is 13.8 Å². The van der Waals surface area contributed by atoms with Gasteiger partial charge in [0.15, 0.2) is 6.10 Å². The molecule has 1 N–H and O–H groups in total. The van der Waals surface area contributed by atoms with Gasteiger partial charge in [-0.3, -0.25) is 4.98 Å². The van der Waals surface area contributed by atoms with E-state index in [2.05, 4.69) is 9.72 Å². The second kappa shape index (κ2) is 5.63. The summed E-state index contributed by atoms with van der Waals surface area (Å²) in [4.78, 5) is 15.3. The lowest BCUT2D eigenvalue weighted by atomic mass is 10.1. The van der Waals surface area contributed by atoms with Crippen molar-refractivity contribution >= 4 is 5.97 Å². The van der Waals surface area contributed by atoms with E-state index in [9.17, 15) is 9.90 Å². The summed E-state index contributed by atoms with van der Waals surface area (Å²) in [6.45, 7) is 3.73. The summed E-state index contributed by atoms with van der Waals surface area (Å²) < 4.78 is 9.70. The Morgan fingerprint density at radius 1 is 1.47 bits per heavy atom. The van der Waals surface area contributed by atoms with Crippen molar-refractivity contribution < 1.29 is 19.4 Å². The zero-order chi connectivity index (χ0) is 13.0. The van der Waals surface area contributed by atoms with E-state index in [1.165, 1.54) is 7.11 Å². The first-order chi connectivity index (χ1) is 8.01. The van der Waals surface area contributed by atoms with Crippen molar-refractivity contribution in [1.82, 2.24) is 4.98 Å². The topological polar surface area (TPSA) is 68.7 Å². The summed E-state index contributed by atoms with van der Waals surface area (Å²) in [5.41, 5.74) is 2.38. The van der Waals surface area contributed by atoms with Crippen LogP contribution >= 0.6 is 0 Å². The molecular weight excluding hydrogens is 222 g/mol. The van der Waals surface area contributed by atoms with E-state index in [4.69, 9.17) is 4.74 Å². The molecule has 0 fully saturated rings. The number of ether oxygens (including phenoxy) is 2. The van der Waals surface area contributed by atoms with E-state index in [0.717, 1.165) is 16.9 Å². The zero-order valence-corrected chi connectivity index (χ0v) is 10.5. The lowest BCUT2D eigenvalue weighted by molar-refractivity contribution is -0.150. The molecule has 0 saturated heterocycles. The van der Waals surface area contributed by atoms with Crippen LogP contribution in [0.15, 0.2) is 6.20 Å². The zero-order valence-electron chi connectivity index (χ0n) is 10.5. The van der Waals surface area contributed by atoms with Gasteiger partial charge in [0.2, 0.25) is 0 Å². The summed E-state index contributed by atoms with van der Waals surface area (Å²) in [5.74, 6) is 0.0674. The van der Waals surface area contributed by atoms with Crippen LogP contribution in [0.2, 0.25) is 0 Å². The number of carbonyl (C=O) groups is 1. The predicted molar refractivity (Wildman–Crippen MR) is 62.0 cm³/mol. The molecule has 1 unspecified atom stereocenters. The van der Waals surface area contributed by atoms with Gasteiger partial charge in [0.05, 0.1) is 19.9 Å². The Bertz CT molecular complexity index is 417. The smallest absolute Gasteiger partial charge is 0.335 e. The number of nitrogens with zero attached hydrogens (tertiary/aromatic N) is 1. The van der Waals surface area contributed by atoms with Gasteiger partial charge in [0.25, 0.3) is 0 Å². The Kier molecular flexibility index (Phi) is 4.45. The Balaban J connectivity index is 2.96. The van der Waals surface area contributed by atoms with Crippen LogP contribution in [-0.2, 0) is 16.0 Å². The molecule has 94 valence electrons. The number of aliphatic hydroxyl groups is 1. The van der Waals surface area contributed by atoms with Crippen molar-refractivity contribution in [2.24, 2.45) is 0 Å². The molecule has 1 rings (SSSR count). The first-order valence-electron chi connectivity index (χ1n) is 5.26. The van der Waals surface area contributed by atoms with Crippen molar-refractivity contribution in [3.05, 3.63) is 23.0 Å². The highest BCUT2D eigenvalue weighted by molar-refractivity contribution is 5.74. The minimum atomic E-state index is -1.20. The van der Waals surface area contributed by atoms with Gasteiger partial charge < -0.3 is 14.6 Å². The molecule has 1 aromatic heterocycles. The van der Waals surface area contributed by atoms with E-state index in [1.54, 1.807) is 13.3 Å². The fourth-order valence-corrected chi connectivity index (χ4v) is 1.68. The Hall–Kier alpha value is -1.62. The molecular formula is C12H17NO4. The number of rotatable bonds is 4. The molecule has 0 aromatic carbocycles. The number of aryl methyl sites for hydroxylation is 1. The lowest BCUT2D eigenvalue weighted by Crippen LogP contribution is -2.25. The monoisotopic (exact) mass is 239 g/mol. The van der Waals surface area contributed by atoms with Gasteiger partial charge in [0, 0.05) is 23.7 Å². The first-order valence-corrected chi connectivity index (χ1v) is 5.26. The maximum absolute atomic E-state index is 11.1. The van der Waals surface area contributed by atoms with E-state index < -0.39 is 12.1 Å². The fourth-order valence-electron chi connectivity index (χ4n) is 1.68. The molecule has 0 spiro atoms. The molecule has 0 aliphatic rings. The number of carbonyl (C=O) groups excluding carboxylic acids is 1. The third kappa shape index (κ3) is 2.94. The van der Waals surface area contributed by atoms with E-state index >= 15 is 0 Å². The summed E-state index contributed by atoms with van der Waals surface area (Å²) >= 11 is 0. The molecule has 5 nitrogen and oxygen atoms in total. The molecule has 0 saturated carbocycles. The largest absolute Gasteiger partial charge is 0.496 e. The van der Waals surface area contributed by atoms with Crippen LogP contribution in [0.4, 0.5) is 0 Å². The standard InChI is InChI=1S/C12H17NO4/c1-7-6-13-9(8(2)11(7)16-3)5-10(14)12(15)17-4/h6,10,14H,5H2,1-4H3. The number of aromatic nitrogens is 1. The van der Waals surface area contributed by atoms with Gasteiger partial charge in [-0.2, -0.15) is 0 Å². The second-order valence-electron chi connectivity index (χ2n) is 3.79. The normalized spacial score (nSPS) is 12.1. The molecule has 0 aliphatic heterocycles. The predicted octanol–water partition coefficient (Wildman–Crippen LogP) is 0.783. The van der Waals surface area contributed by atoms with Crippen LogP contribution in [0.3, 0.4) is 0 Å². The Morgan fingerprint density at radius 2 is 2.12 bits per heavy atom. The molecule has 17 heavy (non-hydrogen) atoms. The second-order valence-corrected chi connectivity index (χ2v) is 3.79. The van der Waals surface area contributed by atoms with Crippen LogP contribution < -0.4 is 4.74 Å². The number of hydrogen-bond donors (Lipinski definition) is 1. The average Bonchev–Trinajstić information content (AvgIpc) is 2.32. The first kappa shape index (κ1) is 13.4. The minimum Gasteiger partial charge on any atom is -0.496 e. The maximum atomic E-state index is 11.1. The number of methoxy groups -OCH3 is 2. The number of hydrogen-bond acceptors (Lipinski definition) is 5. The van der Waals surface area contributed by atoms with Crippen LogP contribution in [0.1, 0.15) is 16.8 Å². The maximum Gasteiger partial charge on any atom is 0.335 e. The van der Waals surface area contributed by atoms with Gasteiger partial charge in [0.1, 0.15) is 5.75 Å². The third-order valence-electron chi connectivity index (χ3n) is 2.61. The van der Waals surface area contributed by atoms with Crippen molar-refractivity contribution in [1.29, 1.82) is 0 Å². The number of esters is 1. The highest BCUT2D eigenvalue weighted by Crippen LogP contribution is 2.24. The fraction of sp³-hybridized carbons (Fsp3) is 0.500. The Morgan fingerprint density at radius 3 is 2.65 bits per heavy atom. The number of pyridine rings is 1. The van der Waals surface area contributed by atoms with Crippen molar-refractivity contribution in [2.75, 3.05) is 14.2 Å². The molecule has 0 radical (unpaired) electrons. The van der Waals surface area contributed by atoms with Gasteiger partial charge in [-0.15, -0.1) is 0 Å². The molecule has 1 heterocycles. The molecule has 5 heteroatoms. The lowest BCUT2D eigenvalue weighted by Gasteiger charge is -2.14. The summed E-state index contributed by atoms with van der Waals surface area (Å²) in [6.07, 6.45) is 0.582. The van der Waals surface area contributed by atoms with Crippen molar-refractivity contribution in [2.45, 2.75) is 26.4 Å². The van der Waals surface area contributed by atoms with Gasteiger partial charge in [-0.1, -0.05) is 0 Å². The van der Waals surface area contributed by atoms with E-state index in [0.29, 0.717) is 5.69 Å². The Labute approximate surface area is 100 Å². The van der Waals surface area contributed by atoms with Crippen LogP contribution in [0, 0.1) is 13.8 Å². The molecule has 0 aliphatic carbocycles.